The molecular weight excluding hydrogens is 394 g/mol. The normalized spacial score (nSPS) is 14.7. The lowest BCUT2D eigenvalue weighted by Crippen LogP contribution is -2.42. The van der Waals surface area contributed by atoms with Crippen molar-refractivity contribution in [2.75, 3.05) is 13.1 Å². The van der Waals surface area contributed by atoms with E-state index < -0.39 is 0 Å². The average molecular weight is 414 g/mol. The summed E-state index contributed by atoms with van der Waals surface area (Å²) in [6, 6.07) is 11.3. The molecule has 1 saturated heterocycles. The molecule has 0 N–H and O–H groups in total. The number of piperidine rings is 1. The van der Waals surface area contributed by atoms with Crippen molar-refractivity contribution in [2.45, 2.75) is 32.3 Å². The van der Waals surface area contributed by atoms with Crippen molar-refractivity contribution in [3.8, 4) is 11.8 Å². The molecule has 0 aliphatic carbocycles. The molecule has 6 heteroatoms. The Morgan fingerprint density at radius 1 is 1.38 bits per heavy atom. The van der Waals surface area contributed by atoms with E-state index >= 15 is 0 Å². The zero-order chi connectivity index (χ0) is 18.5. The molecule has 0 saturated carbocycles. The van der Waals surface area contributed by atoms with Gasteiger partial charge in [-0.3, -0.25) is 9.78 Å². The van der Waals surface area contributed by atoms with Crippen LogP contribution in [0.1, 0.15) is 41.4 Å². The maximum Gasteiger partial charge on any atom is 0.272 e. The first-order chi connectivity index (χ1) is 12.6. The Hall–Kier alpha value is -2.39. The summed E-state index contributed by atoms with van der Waals surface area (Å²) >= 11 is 3.38. The Labute approximate surface area is 161 Å². The number of hydrogen-bond acceptors (Lipinski definition) is 4. The number of nitriles is 1. The summed E-state index contributed by atoms with van der Waals surface area (Å²) in [5.41, 5.74) is 2.13. The molecule has 3 rings (SSSR count). The fourth-order valence-electron chi connectivity index (χ4n) is 3.10. The number of hydrogen-bond donors (Lipinski definition) is 0. The third kappa shape index (κ3) is 4.05. The Morgan fingerprint density at radius 3 is 2.81 bits per heavy atom. The summed E-state index contributed by atoms with van der Waals surface area (Å²) in [4.78, 5) is 18.9. The quantitative estimate of drug-likeness (QED) is 0.760. The summed E-state index contributed by atoms with van der Waals surface area (Å²) in [6.07, 6.45) is 4.08. The molecule has 134 valence electrons. The highest BCUT2D eigenvalue weighted by atomic mass is 79.9. The molecule has 1 aromatic heterocycles. The third-order valence-electron chi connectivity index (χ3n) is 4.57. The minimum Gasteiger partial charge on any atom is -0.490 e. The highest BCUT2D eigenvalue weighted by Gasteiger charge is 2.26. The Bertz CT molecular complexity index is 839. The first-order valence-electron chi connectivity index (χ1n) is 8.71. The van der Waals surface area contributed by atoms with Gasteiger partial charge in [0.1, 0.15) is 23.6 Å². The summed E-state index contributed by atoms with van der Waals surface area (Å²) in [7, 11) is 0. The molecule has 0 spiro atoms. The predicted molar refractivity (Wildman–Crippen MR) is 102 cm³/mol. The number of aromatic nitrogens is 1. The van der Waals surface area contributed by atoms with E-state index in [1.54, 1.807) is 12.3 Å². The van der Waals surface area contributed by atoms with Gasteiger partial charge in [-0.1, -0.05) is 13.0 Å². The molecule has 0 unspecified atom stereocenters. The highest BCUT2D eigenvalue weighted by molar-refractivity contribution is 9.10. The molecule has 26 heavy (non-hydrogen) atoms. The highest BCUT2D eigenvalue weighted by Crippen LogP contribution is 2.25. The number of amides is 1. The maximum absolute atomic E-state index is 12.7. The minimum atomic E-state index is 0.00187. The van der Waals surface area contributed by atoms with Crippen LogP contribution in [0.3, 0.4) is 0 Å². The first kappa shape index (κ1) is 18.4. The van der Waals surface area contributed by atoms with Crippen LogP contribution in [0.25, 0.3) is 0 Å². The van der Waals surface area contributed by atoms with E-state index in [9.17, 15) is 4.79 Å². The SMILES string of the molecule is CCc1cccnc1C(=O)N1CCC(Oc2ccc(C#N)c(Br)c2)CC1. The number of rotatable bonds is 4. The number of ether oxygens (including phenoxy) is 1. The monoisotopic (exact) mass is 413 g/mol. The number of nitrogens with zero attached hydrogens (tertiary/aromatic N) is 3. The summed E-state index contributed by atoms with van der Waals surface area (Å²) in [6.45, 7) is 3.34. The number of pyridine rings is 1. The number of carbonyl (C=O) groups is 1. The summed E-state index contributed by atoms with van der Waals surface area (Å²) < 4.78 is 6.75. The second-order valence-corrected chi connectivity index (χ2v) is 7.08. The zero-order valence-corrected chi connectivity index (χ0v) is 16.2. The molecule has 2 heterocycles. The van der Waals surface area contributed by atoms with Crippen molar-refractivity contribution >= 4 is 21.8 Å². The largest absolute Gasteiger partial charge is 0.490 e. The molecule has 0 radical (unpaired) electrons. The van der Waals surface area contributed by atoms with Gasteiger partial charge in [0.2, 0.25) is 0 Å². The van der Waals surface area contributed by atoms with E-state index in [0.29, 0.717) is 24.3 Å². The van der Waals surface area contributed by atoms with Crippen LogP contribution in [-0.2, 0) is 6.42 Å². The summed E-state index contributed by atoms with van der Waals surface area (Å²) in [5.74, 6) is 0.737. The predicted octanol–water partition coefficient (Wildman–Crippen LogP) is 3.96. The van der Waals surface area contributed by atoms with Gasteiger partial charge in [0.05, 0.1) is 5.56 Å². The lowest BCUT2D eigenvalue weighted by Gasteiger charge is -2.32. The lowest BCUT2D eigenvalue weighted by atomic mass is 10.1. The van der Waals surface area contributed by atoms with Crippen LogP contribution in [0.4, 0.5) is 0 Å². The molecule has 1 amide bonds. The van der Waals surface area contributed by atoms with Gasteiger partial charge >= 0.3 is 0 Å². The molecular formula is C20H20BrN3O2. The van der Waals surface area contributed by atoms with E-state index in [0.717, 1.165) is 35.0 Å². The number of halogens is 1. The van der Waals surface area contributed by atoms with Crippen LogP contribution < -0.4 is 4.74 Å². The van der Waals surface area contributed by atoms with E-state index in [1.165, 1.54) is 0 Å². The minimum absolute atomic E-state index is 0.00187. The molecule has 1 aliphatic heterocycles. The van der Waals surface area contributed by atoms with E-state index in [4.69, 9.17) is 10.00 Å². The molecule has 1 fully saturated rings. The van der Waals surface area contributed by atoms with Crippen LogP contribution in [0.5, 0.6) is 5.75 Å². The second-order valence-electron chi connectivity index (χ2n) is 6.23. The topological polar surface area (TPSA) is 66.2 Å². The van der Waals surface area contributed by atoms with Crippen LogP contribution in [0, 0.1) is 11.3 Å². The molecule has 1 aliphatic rings. The van der Waals surface area contributed by atoms with Crippen LogP contribution >= 0.6 is 15.9 Å². The van der Waals surface area contributed by atoms with Crippen molar-refractivity contribution in [2.24, 2.45) is 0 Å². The standard InChI is InChI=1S/C20H20BrN3O2/c1-2-14-4-3-9-23-19(14)20(25)24-10-7-16(8-11-24)26-17-6-5-15(13-22)18(21)12-17/h3-6,9,12,16H,2,7-8,10-11H2,1H3. The van der Waals surface area contributed by atoms with Crippen molar-refractivity contribution in [1.82, 2.24) is 9.88 Å². The van der Waals surface area contributed by atoms with Gasteiger partial charge in [-0.2, -0.15) is 5.26 Å². The van der Waals surface area contributed by atoms with Crippen molar-refractivity contribution in [3.63, 3.8) is 0 Å². The molecule has 1 aromatic carbocycles. The fraction of sp³-hybridized carbons (Fsp3) is 0.350. The molecule has 5 nitrogen and oxygen atoms in total. The van der Waals surface area contributed by atoms with Crippen molar-refractivity contribution in [1.29, 1.82) is 5.26 Å². The van der Waals surface area contributed by atoms with Gasteiger partial charge in [-0.25, -0.2) is 0 Å². The van der Waals surface area contributed by atoms with E-state index in [2.05, 4.69) is 27.0 Å². The van der Waals surface area contributed by atoms with Crippen LogP contribution in [0.2, 0.25) is 0 Å². The van der Waals surface area contributed by atoms with E-state index in [1.807, 2.05) is 36.1 Å². The Morgan fingerprint density at radius 2 is 2.15 bits per heavy atom. The first-order valence-corrected chi connectivity index (χ1v) is 9.51. The summed E-state index contributed by atoms with van der Waals surface area (Å²) in [5, 5.41) is 8.98. The van der Waals surface area contributed by atoms with Gasteiger partial charge in [0.25, 0.3) is 5.91 Å². The fourth-order valence-corrected chi connectivity index (χ4v) is 3.54. The van der Waals surface area contributed by atoms with Crippen molar-refractivity contribution in [3.05, 3.63) is 57.8 Å². The second kappa shape index (κ2) is 8.33. The van der Waals surface area contributed by atoms with Gasteiger partial charge in [-0.15, -0.1) is 0 Å². The van der Waals surface area contributed by atoms with Gasteiger partial charge in [0, 0.05) is 36.6 Å². The lowest BCUT2D eigenvalue weighted by molar-refractivity contribution is 0.0589. The Balaban J connectivity index is 1.60. The van der Waals surface area contributed by atoms with Gasteiger partial charge in [-0.05, 0) is 52.2 Å². The molecule has 0 bridgehead atoms. The number of aryl methyl sites for hydroxylation is 1. The molecule has 0 atom stereocenters. The number of carbonyl (C=O) groups excluding carboxylic acids is 1. The Kier molecular flexibility index (Phi) is 5.89. The van der Waals surface area contributed by atoms with Gasteiger partial charge < -0.3 is 9.64 Å². The number of likely N-dealkylation sites (tertiary alicyclic amines) is 1. The third-order valence-corrected chi connectivity index (χ3v) is 5.22. The van der Waals surface area contributed by atoms with E-state index in [-0.39, 0.29) is 12.0 Å². The average Bonchev–Trinajstić information content (AvgIpc) is 2.68. The van der Waals surface area contributed by atoms with Crippen molar-refractivity contribution < 1.29 is 9.53 Å². The number of benzene rings is 1. The van der Waals surface area contributed by atoms with Crippen LogP contribution in [0.15, 0.2) is 41.0 Å². The molecule has 2 aromatic rings. The van der Waals surface area contributed by atoms with Crippen LogP contribution in [-0.4, -0.2) is 35.0 Å². The van der Waals surface area contributed by atoms with Gasteiger partial charge in [0.15, 0.2) is 0 Å². The smallest absolute Gasteiger partial charge is 0.272 e. The zero-order valence-electron chi connectivity index (χ0n) is 14.6. The maximum atomic E-state index is 12.7.